The van der Waals surface area contributed by atoms with Crippen LogP contribution in [0.15, 0.2) is 36.4 Å². The molecule has 0 atom stereocenters. The average Bonchev–Trinajstić information content (AvgIpc) is 2.23. The zero-order chi connectivity index (χ0) is 11.7. The summed E-state index contributed by atoms with van der Waals surface area (Å²) >= 11 is 12.0. The molecule has 2 aromatic rings. The largest absolute Gasteiger partial charge is 0.505 e. The van der Waals surface area contributed by atoms with E-state index in [1.807, 2.05) is 0 Å². The zero-order valence-corrected chi connectivity index (χ0v) is 9.56. The van der Waals surface area contributed by atoms with Gasteiger partial charge >= 0.3 is 0 Å². The molecule has 4 heteroatoms. The monoisotopic (exact) mass is 256 g/mol. The van der Waals surface area contributed by atoms with Crippen LogP contribution in [-0.4, -0.2) is 5.11 Å². The molecule has 82 valence electrons. The molecule has 0 heterocycles. The van der Waals surface area contributed by atoms with E-state index in [1.54, 1.807) is 24.3 Å². The molecule has 2 rings (SSSR count). The van der Waals surface area contributed by atoms with E-state index in [2.05, 4.69) is 0 Å². The van der Waals surface area contributed by atoms with Gasteiger partial charge in [-0.05, 0) is 29.8 Å². The van der Waals surface area contributed by atoms with Crippen molar-refractivity contribution in [3.05, 3.63) is 52.3 Å². The molecule has 1 nitrogen and oxygen atoms in total. The first-order valence-electron chi connectivity index (χ1n) is 4.52. The Morgan fingerprint density at radius 2 is 1.62 bits per heavy atom. The number of benzene rings is 2. The van der Waals surface area contributed by atoms with Gasteiger partial charge in [0.1, 0.15) is 0 Å². The van der Waals surface area contributed by atoms with Crippen molar-refractivity contribution in [2.24, 2.45) is 0 Å². The maximum absolute atomic E-state index is 13.2. The Morgan fingerprint density at radius 3 is 2.19 bits per heavy atom. The minimum atomic E-state index is -0.700. The molecule has 0 aliphatic rings. The van der Waals surface area contributed by atoms with E-state index in [0.717, 1.165) is 0 Å². The van der Waals surface area contributed by atoms with Gasteiger partial charge < -0.3 is 5.11 Å². The average molecular weight is 257 g/mol. The van der Waals surface area contributed by atoms with Gasteiger partial charge in [-0.2, -0.15) is 0 Å². The van der Waals surface area contributed by atoms with Crippen LogP contribution in [0.2, 0.25) is 10.0 Å². The number of halogens is 3. The van der Waals surface area contributed by atoms with Crippen molar-refractivity contribution in [1.82, 2.24) is 0 Å². The van der Waals surface area contributed by atoms with Crippen molar-refractivity contribution in [2.45, 2.75) is 0 Å². The summed E-state index contributed by atoms with van der Waals surface area (Å²) < 4.78 is 13.2. The molecule has 0 aromatic heterocycles. The van der Waals surface area contributed by atoms with Crippen LogP contribution < -0.4 is 0 Å². The first kappa shape index (κ1) is 11.2. The second kappa shape index (κ2) is 4.32. The molecular formula is C12H7Cl2FO. The van der Waals surface area contributed by atoms with E-state index in [0.29, 0.717) is 21.2 Å². The summed E-state index contributed by atoms with van der Waals surface area (Å²) in [4.78, 5) is 0. The second-order valence-electron chi connectivity index (χ2n) is 3.26. The second-order valence-corrected chi connectivity index (χ2v) is 4.08. The fraction of sp³-hybridized carbons (Fsp3) is 0. The first-order chi connectivity index (χ1) is 7.59. The highest BCUT2D eigenvalue weighted by molar-refractivity contribution is 6.39. The Hall–Kier alpha value is -1.25. The van der Waals surface area contributed by atoms with Crippen LogP contribution in [0.4, 0.5) is 4.39 Å². The summed E-state index contributed by atoms with van der Waals surface area (Å²) in [5.74, 6) is -1.10. The maximum Gasteiger partial charge on any atom is 0.165 e. The normalized spacial score (nSPS) is 10.4. The summed E-state index contributed by atoms with van der Waals surface area (Å²) in [7, 11) is 0. The molecule has 16 heavy (non-hydrogen) atoms. The Kier molecular flexibility index (Phi) is 3.03. The summed E-state index contributed by atoms with van der Waals surface area (Å²) in [6.45, 7) is 0. The standard InChI is InChI=1S/C12H7Cl2FO/c13-8-2-1-3-9(14)12(8)7-4-5-11(16)10(15)6-7/h1-6,16H. The molecule has 2 aromatic carbocycles. The van der Waals surface area contributed by atoms with Gasteiger partial charge in [0.2, 0.25) is 0 Å². The predicted molar refractivity (Wildman–Crippen MR) is 63.5 cm³/mol. The fourth-order valence-corrected chi connectivity index (χ4v) is 2.05. The zero-order valence-electron chi connectivity index (χ0n) is 8.05. The lowest BCUT2D eigenvalue weighted by Crippen LogP contribution is -1.84. The quantitative estimate of drug-likeness (QED) is 0.797. The van der Waals surface area contributed by atoms with Crippen molar-refractivity contribution < 1.29 is 9.50 Å². The van der Waals surface area contributed by atoms with Gasteiger partial charge in [-0.15, -0.1) is 0 Å². The van der Waals surface area contributed by atoms with E-state index in [-0.39, 0.29) is 0 Å². The molecule has 0 saturated heterocycles. The van der Waals surface area contributed by atoms with Crippen molar-refractivity contribution >= 4 is 23.2 Å². The van der Waals surface area contributed by atoms with E-state index in [9.17, 15) is 4.39 Å². The summed E-state index contributed by atoms with van der Waals surface area (Å²) in [5, 5.41) is 9.97. The number of phenols is 1. The van der Waals surface area contributed by atoms with Crippen LogP contribution in [0.5, 0.6) is 5.75 Å². The fourth-order valence-electron chi connectivity index (χ4n) is 1.44. The molecular weight excluding hydrogens is 250 g/mol. The highest BCUT2D eigenvalue weighted by Gasteiger charge is 2.10. The van der Waals surface area contributed by atoms with Gasteiger partial charge in [0, 0.05) is 15.6 Å². The Morgan fingerprint density at radius 1 is 1.00 bits per heavy atom. The summed E-state index contributed by atoms with van der Waals surface area (Å²) in [6, 6.07) is 9.09. The van der Waals surface area contributed by atoms with Crippen molar-refractivity contribution in [1.29, 1.82) is 0 Å². The molecule has 0 aliphatic carbocycles. The van der Waals surface area contributed by atoms with E-state index >= 15 is 0 Å². The van der Waals surface area contributed by atoms with Crippen LogP contribution in [0, 0.1) is 5.82 Å². The maximum atomic E-state index is 13.2. The van der Waals surface area contributed by atoms with Gasteiger partial charge in [-0.3, -0.25) is 0 Å². The number of rotatable bonds is 1. The highest BCUT2D eigenvalue weighted by atomic mass is 35.5. The van der Waals surface area contributed by atoms with Gasteiger partial charge in [0.05, 0.1) is 0 Å². The third-order valence-corrected chi connectivity index (χ3v) is 2.83. The molecule has 1 N–H and O–H groups in total. The lowest BCUT2D eigenvalue weighted by Gasteiger charge is -2.07. The molecule has 0 fully saturated rings. The Labute approximate surface area is 102 Å². The third-order valence-electron chi connectivity index (χ3n) is 2.20. The molecule has 0 bridgehead atoms. The van der Waals surface area contributed by atoms with Crippen LogP contribution in [0.25, 0.3) is 11.1 Å². The lowest BCUT2D eigenvalue weighted by atomic mass is 10.1. The molecule has 0 saturated carbocycles. The topological polar surface area (TPSA) is 20.2 Å². The molecule has 0 radical (unpaired) electrons. The van der Waals surface area contributed by atoms with Crippen LogP contribution in [0.3, 0.4) is 0 Å². The number of aromatic hydroxyl groups is 1. The predicted octanol–water partition coefficient (Wildman–Crippen LogP) is 4.51. The van der Waals surface area contributed by atoms with Gasteiger partial charge in [-0.1, -0.05) is 35.3 Å². The van der Waals surface area contributed by atoms with Crippen molar-refractivity contribution in [3.8, 4) is 16.9 Å². The minimum absolute atomic E-state index is 0.396. The summed E-state index contributed by atoms with van der Waals surface area (Å²) in [5.41, 5.74) is 1.09. The molecule has 0 aliphatic heterocycles. The number of hydrogen-bond acceptors (Lipinski definition) is 1. The van der Waals surface area contributed by atoms with Gasteiger partial charge in [0.15, 0.2) is 11.6 Å². The molecule has 0 spiro atoms. The first-order valence-corrected chi connectivity index (χ1v) is 5.28. The Balaban J connectivity index is 2.63. The lowest BCUT2D eigenvalue weighted by molar-refractivity contribution is 0.432. The van der Waals surface area contributed by atoms with Crippen LogP contribution in [-0.2, 0) is 0 Å². The minimum Gasteiger partial charge on any atom is -0.505 e. The van der Waals surface area contributed by atoms with E-state index < -0.39 is 11.6 Å². The Bertz CT molecular complexity index is 520. The van der Waals surface area contributed by atoms with Gasteiger partial charge in [-0.25, -0.2) is 4.39 Å². The number of phenolic OH excluding ortho intramolecular Hbond substituents is 1. The third kappa shape index (κ3) is 1.99. The van der Waals surface area contributed by atoms with Gasteiger partial charge in [0.25, 0.3) is 0 Å². The van der Waals surface area contributed by atoms with Crippen molar-refractivity contribution in [2.75, 3.05) is 0 Å². The molecule has 0 amide bonds. The summed E-state index contributed by atoms with van der Waals surface area (Å²) in [6.07, 6.45) is 0. The van der Waals surface area contributed by atoms with E-state index in [1.165, 1.54) is 12.1 Å². The van der Waals surface area contributed by atoms with Crippen LogP contribution >= 0.6 is 23.2 Å². The smallest absolute Gasteiger partial charge is 0.165 e. The van der Waals surface area contributed by atoms with E-state index in [4.69, 9.17) is 28.3 Å². The molecule has 0 unspecified atom stereocenters. The highest BCUT2D eigenvalue weighted by Crippen LogP contribution is 2.35. The SMILES string of the molecule is Oc1ccc(-c2c(Cl)cccc2Cl)cc1F. The number of hydrogen-bond donors (Lipinski definition) is 1. The van der Waals surface area contributed by atoms with Crippen molar-refractivity contribution in [3.63, 3.8) is 0 Å². The van der Waals surface area contributed by atoms with Crippen LogP contribution in [0.1, 0.15) is 0 Å².